The minimum atomic E-state index is -0.289. The molecule has 0 amide bonds. The van der Waals surface area contributed by atoms with Crippen LogP contribution >= 0.6 is 11.6 Å². The Balaban J connectivity index is 1.95. The molecular formula is C20H15ClN3O3+. The van der Waals surface area contributed by atoms with Crippen molar-refractivity contribution in [3.63, 3.8) is 0 Å². The Kier molecular flexibility index (Phi) is 5.42. The van der Waals surface area contributed by atoms with Gasteiger partial charge < -0.3 is 14.7 Å². The number of Topliss-reactive ketones (excluding diaryl/α,β-unsaturated/α-hetero) is 1. The van der Waals surface area contributed by atoms with Crippen molar-refractivity contribution in [2.45, 2.75) is 6.54 Å². The predicted octanol–water partition coefficient (Wildman–Crippen LogP) is 2.09. The van der Waals surface area contributed by atoms with Crippen LogP contribution in [0.1, 0.15) is 21.5 Å². The summed E-state index contributed by atoms with van der Waals surface area (Å²) in [6.45, 7) is 0.383. The van der Waals surface area contributed by atoms with E-state index in [-0.39, 0.29) is 42.7 Å². The number of phenolic OH excluding ortho intramolecular Hbond substituents is 1. The number of aromatic hydroxyl groups is 1. The number of carbonyl (C=O) groups excluding carboxylic acids is 1. The molecule has 0 aliphatic carbocycles. The second-order valence-electron chi connectivity index (χ2n) is 6.03. The average Bonchev–Trinajstić information content (AvgIpc) is 2.96. The molecule has 0 atom stereocenters. The number of phenols is 1. The molecule has 134 valence electrons. The zero-order valence-electron chi connectivity index (χ0n) is 14.2. The number of halogens is 1. The number of carbonyl (C=O) groups is 1. The van der Waals surface area contributed by atoms with Gasteiger partial charge in [0.1, 0.15) is 24.4 Å². The van der Waals surface area contributed by atoms with Crippen LogP contribution in [0.2, 0.25) is 5.02 Å². The molecule has 1 aliphatic heterocycles. The summed E-state index contributed by atoms with van der Waals surface area (Å²) in [7, 11) is 0. The molecule has 0 fully saturated rings. The molecule has 0 unspecified atom stereocenters. The maximum absolute atomic E-state index is 12.7. The quantitative estimate of drug-likeness (QED) is 0.611. The number of fused-ring (bicyclic) bond motifs is 1. The van der Waals surface area contributed by atoms with Crippen molar-refractivity contribution in [1.29, 1.82) is 10.5 Å². The molecule has 2 aromatic rings. The topological polar surface area (TPSA) is 98.6 Å². The van der Waals surface area contributed by atoms with Gasteiger partial charge >= 0.3 is 0 Å². The molecule has 0 saturated carbocycles. The molecule has 0 bridgehead atoms. The van der Waals surface area contributed by atoms with Gasteiger partial charge in [-0.15, -0.1) is 0 Å². The van der Waals surface area contributed by atoms with E-state index < -0.39 is 0 Å². The Hall–Kier alpha value is -3.32. The molecule has 2 N–H and O–H groups in total. The summed E-state index contributed by atoms with van der Waals surface area (Å²) >= 11 is 5.87. The highest BCUT2D eigenvalue weighted by Crippen LogP contribution is 2.39. The van der Waals surface area contributed by atoms with E-state index in [1.54, 1.807) is 30.3 Å². The molecule has 6 nitrogen and oxygen atoms in total. The molecule has 3 rings (SSSR count). The first-order valence-electron chi connectivity index (χ1n) is 8.15. The summed E-state index contributed by atoms with van der Waals surface area (Å²) in [4.78, 5) is 13.3. The summed E-state index contributed by atoms with van der Waals surface area (Å²) in [5.41, 5.74) is 1.50. The zero-order chi connectivity index (χ0) is 19.4. The van der Waals surface area contributed by atoms with Crippen molar-refractivity contribution in [2.75, 3.05) is 13.1 Å². The standard InChI is InChI=1S/C20H14ClN3O3/c21-14-3-1-13(2-4-14)11-18-19(26)15-5-6-17(25)16(20(15)27-18)12-24(9-7-22)10-8-23/h1-6,11,25H,9-10,12H2/p+1/b18-11+. The minimum absolute atomic E-state index is 0.0392. The third-order valence-electron chi connectivity index (χ3n) is 4.17. The average molecular weight is 381 g/mol. The molecule has 0 saturated heterocycles. The first kappa shape index (κ1) is 18.5. The zero-order valence-corrected chi connectivity index (χ0v) is 15.0. The lowest BCUT2D eigenvalue weighted by Crippen LogP contribution is -3.10. The summed E-state index contributed by atoms with van der Waals surface area (Å²) in [6.07, 6.45) is 1.61. The molecule has 0 aromatic heterocycles. The van der Waals surface area contributed by atoms with E-state index in [9.17, 15) is 9.90 Å². The number of nitrogens with one attached hydrogen (secondary N) is 1. The van der Waals surface area contributed by atoms with E-state index in [0.29, 0.717) is 21.0 Å². The highest BCUT2D eigenvalue weighted by atomic mass is 35.5. The van der Waals surface area contributed by atoms with Crippen molar-refractivity contribution in [1.82, 2.24) is 0 Å². The van der Waals surface area contributed by atoms with Gasteiger partial charge in [-0.05, 0) is 35.9 Å². The summed E-state index contributed by atoms with van der Waals surface area (Å²) in [6, 6.07) is 13.9. The van der Waals surface area contributed by atoms with Crippen molar-refractivity contribution >= 4 is 23.5 Å². The summed E-state index contributed by atoms with van der Waals surface area (Å²) < 4.78 is 5.76. The first-order chi connectivity index (χ1) is 13.0. The Morgan fingerprint density at radius 2 is 1.78 bits per heavy atom. The van der Waals surface area contributed by atoms with Crippen LogP contribution < -0.4 is 9.64 Å². The Morgan fingerprint density at radius 3 is 2.41 bits per heavy atom. The van der Waals surface area contributed by atoms with E-state index in [1.807, 2.05) is 12.1 Å². The van der Waals surface area contributed by atoms with Crippen LogP contribution in [0, 0.1) is 22.7 Å². The highest BCUT2D eigenvalue weighted by Gasteiger charge is 2.32. The summed E-state index contributed by atoms with van der Waals surface area (Å²) in [5, 5.41) is 28.7. The molecule has 1 heterocycles. The maximum Gasteiger partial charge on any atom is 0.231 e. The SMILES string of the molecule is N#CC[NH+](CC#N)Cc1c(O)ccc2c1O/C(=C/c1ccc(Cl)cc1)C2=O. The van der Waals surface area contributed by atoms with E-state index in [2.05, 4.69) is 0 Å². The van der Waals surface area contributed by atoms with Crippen molar-refractivity contribution in [2.24, 2.45) is 0 Å². The monoisotopic (exact) mass is 380 g/mol. The van der Waals surface area contributed by atoms with Crippen LogP contribution in [-0.2, 0) is 6.54 Å². The van der Waals surface area contributed by atoms with Crippen molar-refractivity contribution in [3.05, 3.63) is 63.9 Å². The lowest BCUT2D eigenvalue weighted by molar-refractivity contribution is -0.899. The van der Waals surface area contributed by atoms with Crippen LogP contribution in [0.15, 0.2) is 42.2 Å². The van der Waals surface area contributed by atoms with Crippen molar-refractivity contribution < 1.29 is 19.5 Å². The van der Waals surface area contributed by atoms with Crippen LogP contribution in [-0.4, -0.2) is 24.0 Å². The molecule has 1 aliphatic rings. The van der Waals surface area contributed by atoms with E-state index in [1.165, 1.54) is 12.1 Å². The molecular weight excluding hydrogens is 366 g/mol. The van der Waals surface area contributed by atoms with Crippen LogP contribution in [0.25, 0.3) is 6.08 Å². The van der Waals surface area contributed by atoms with Gasteiger partial charge in [0.15, 0.2) is 24.6 Å². The number of nitriles is 2. The fourth-order valence-corrected chi connectivity index (χ4v) is 2.97. The van der Waals surface area contributed by atoms with E-state index >= 15 is 0 Å². The normalized spacial score (nSPS) is 13.9. The Morgan fingerprint density at radius 1 is 1.11 bits per heavy atom. The Labute approximate surface area is 161 Å². The lowest BCUT2D eigenvalue weighted by Gasteiger charge is -2.15. The largest absolute Gasteiger partial charge is 0.507 e. The summed E-state index contributed by atoms with van der Waals surface area (Å²) in [5.74, 6) is 0.0841. The molecule has 2 aromatic carbocycles. The number of hydrogen-bond acceptors (Lipinski definition) is 5. The number of hydrogen-bond donors (Lipinski definition) is 2. The van der Waals surface area contributed by atoms with Gasteiger partial charge in [-0.1, -0.05) is 23.7 Å². The third kappa shape index (κ3) is 3.93. The fourth-order valence-electron chi connectivity index (χ4n) is 2.84. The van der Waals surface area contributed by atoms with Crippen LogP contribution in [0.3, 0.4) is 0 Å². The number of quaternary nitrogens is 1. The fraction of sp³-hybridized carbons (Fsp3) is 0.150. The second-order valence-corrected chi connectivity index (χ2v) is 6.46. The lowest BCUT2D eigenvalue weighted by atomic mass is 10.0. The number of nitrogens with zero attached hydrogens (tertiary/aromatic N) is 2. The van der Waals surface area contributed by atoms with Crippen molar-refractivity contribution in [3.8, 4) is 23.6 Å². The second kappa shape index (κ2) is 7.92. The number of rotatable bonds is 5. The van der Waals surface area contributed by atoms with Gasteiger partial charge in [-0.3, -0.25) is 4.79 Å². The molecule has 0 radical (unpaired) electrons. The molecule has 27 heavy (non-hydrogen) atoms. The van der Waals surface area contributed by atoms with Gasteiger partial charge in [0.25, 0.3) is 0 Å². The maximum atomic E-state index is 12.7. The van der Waals surface area contributed by atoms with Crippen LogP contribution in [0.4, 0.5) is 0 Å². The van der Waals surface area contributed by atoms with Gasteiger partial charge in [0, 0.05) is 5.02 Å². The number of ketones is 1. The van der Waals surface area contributed by atoms with E-state index in [0.717, 1.165) is 5.56 Å². The number of benzene rings is 2. The van der Waals surface area contributed by atoms with Gasteiger partial charge in [0.05, 0.1) is 11.1 Å². The van der Waals surface area contributed by atoms with Crippen LogP contribution in [0.5, 0.6) is 11.5 Å². The highest BCUT2D eigenvalue weighted by molar-refractivity contribution is 6.30. The predicted molar refractivity (Wildman–Crippen MR) is 98.1 cm³/mol. The third-order valence-corrected chi connectivity index (χ3v) is 4.42. The first-order valence-corrected chi connectivity index (χ1v) is 8.53. The molecule has 0 spiro atoms. The minimum Gasteiger partial charge on any atom is -0.507 e. The van der Waals surface area contributed by atoms with Gasteiger partial charge in [-0.2, -0.15) is 10.5 Å². The number of allylic oxidation sites excluding steroid dienone is 1. The molecule has 7 heteroatoms. The van der Waals surface area contributed by atoms with Gasteiger partial charge in [-0.25, -0.2) is 0 Å². The van der Waals surface area contributed by atoms with E-state index in [4.69, 9.17) is 26.9 Å². The van der Waals surface area contributed by atoms with Gasteiger partial charge in [0.2, 0.25) is 5.78 Å². The Bertz CT molecular complexity index is 985. The number of ether oxygens (including phenoxy) is 1. The smallest absolute Gasteiger partial charge is 0.231 e.